The zero-order valence-electron chi connectivity index (χ0n) is 12.8. The lowest BCUT2D eigenvalue weighted by molar-refractivity contribution is -0.143. The van der Waals surface area contributed by atoms with Gasteiger partial charge in [0.25, 0.3) is 0 Å². The zero-order chi connectivity index (χ0) is 16.0. The fourth-order valence-corrected chi connectivity index (χ4v) is 1.74. The minimum atomic E-state index is -0.827. The number of esters is 1. The molecule has 0 radical (unpaired) electrons. The van der Waals surface area contributed by atoms with Crippen LogP contribution in [0.3, 0.4) is 0 Å². The summed E-state index contributed by atoms with van der Waals surface area (Å²) in [5, 5.41) is 2.52. The number of methoxy groups -OCH3 is 1. The molecular weight excluding hydrogens is 272 g/mol. The van der Waals surface area contributed by atoms with Crippen LogP contribution in [0.2, 0.25) is 0 Å². The van der Waals surface area contributed by atoms with Crippen molar-refractivity contribution in [1.29, 1.82) is 0 Å². The van der Waals surface area contributed by atoms with Crippen LogP contribution >= 0.6 is 0 Å². The molecule has 0 saturated carbocycles. The van der Waals surface area contributed by atoms with Crippen molar-refractivity contribution in [3.05, 3.63) is 29.8 Å². The number of rotatable bonds is 4. The molecule has 1 aromatic rings. The highest BCUT2D eigenvalue weighted by Gasteiger charge is 2.25. The number of ether oxygens (including phenoxy) is 2. The first kappa shape index (κ1) is 16.8. The summed E-state index contributed by atoms with van der Waals surface area (Å²) in [6.45, 7) is 5.24. The molecule has 0 aliphatic heterocycles. The van der Waals surface area contributed by atoms with Gasteiger partial charge in [-0.15, -0.1) is 0 Å². The van der Waals surface area contributed by atoms with Gasteiger partial charge in [0.2, 0.25) is 0 Å². The standard InChI is InChI=1S/C15H22N2O4/c1-15(2,3)21-14(19)17-12(13(18)20-4)9-10-6-5-7-11(16)8-10/h5-8,12H,9,16H2,1-4H3,(H,17,19)/t12-/m0/s1. The highest BCUT2D eigenvalue weighted by Crippen LogP contribution is 2.11. The molecule has 0 bridgehead atoms. The number of carbonyl (C=O) groups excluding carboxylic acids is 2. The van der Waals surface area contributed by atoms with E-state index in [0.29, 0.717) is 5.69 Å². The van der Waals surface area contributed by atoms with Gasteiger partial charge >= 0.3 is 12.1 Å². The fourth-order valence-electron chi connectivity index (χ4n) is 1.74. The quantitative estimate of drug-likeness (QED) is 0.653. The molecule has 6 heteroatoms. The number of carbonyl (C=O) groups is 2. The maximum absolute atomic E-state index is 11.8. The lowest BCUT2D eigenvalue weighted by Gasteiger charge is -2.22. The summed E-state index contributed by atoms with van der Waals surface area (Å²) in [6.07, 6.45) is -0.390. The number of benzene rings is 1. The van der Waals surface area contributed by atoms with Gasteiger partial charge < -0.3 is 20.5 Å². The topological polar surface area (TPSA) is 90.6 Å². The van der Waals surface area contributed by atoms with Gasteiger partial charge in [-0.05, 0) is 38.5 Å². The van der Waals surface area contributed by atoms with Gasteiger partial charge in [-0.2, -0.15) is 0 Å². The van der Waals surface area contributed by atoms with Crippen LogP contribution in [-0.4, -0.2) is 30.8 Å². The molecule has 3 N–H and O–H groups in total. The van der Waals surface area contributed by atoms with Gasteiger partial charge in [-0.3, -0.25) is 0 Å². The van der Waals surface area contributed by atoms with Crippen LogP contribution in [0.25, 0.3) is 0 Å². The van der Waals surface area contributed by atoms with E-state index in [2.05, 4.69) is 5.32 Å². The van der Waals surface area contributed by atoms with Crippen LogP contribution < -0.4 is 11.1 Å². The molecule has 116 valence electrons. The molecule has 0 aliphatic rings. The Morgan fingerprint density at radius 1 is 1.33 bits per heavy atom. The number of alkyl carbamates (subject to hydrolysis) is 1. The Labute approximate surface area is 124 Å². The van der Waals surface area contributed by atoms with Crippen molar-refractivity contribution in [2.75, 3.05) is 12.8 Å². The second-order valence-corrected chi connectivity index (χ2v) is 5.67. The number of nitrogens with one attached hydrogen (secondary N) is 1. The lowest BCUT2D eigenvalue weighted by atomic mass is 10.1. The van der Waals surface area contributed by atoms with Crippen molar-refractivity contribution >= 4 is 17.7 Å². The summed E-state index contributed by atoms with van der Waals surface area (Å²) in [6, 6.07) is 6.27. The van der Waals surface area contributed by atoms with Gasteiger partial charge in [0.15, 0.2) is 0 Å². The normalized spacial score (nSPS) is 12.4. The van der Waals surface area contributed by atoms with E-state index in [-0.39, 0.29) is 6.42 Å². The van der Waals surface area contributed by atoms with Gasteiger partial charge in [-0.25, -0.2) is 9.59 Å². The maximum atomic E-state index is 11.8. The molecule has 1 amide bonds. The predicted molar refractivity (Wildman–Crippen MR) is 79.7 cm³/mol. The molecule has 6 nitrogen and oxygen atoms in total. The molecule has 1 aromatic carbocycles. The lowest BCUT2D eigenvalue weighted by Crippen LogP contribution is -2.45. The molecule has 1 rings (SSSR count). The van der Waals surface area contributed by atoms with Crippen molar-refractivity contribution in [3.8, 4) is 0 Å². The third-order valence-corrected chi connectivity index (χ3v) is 2.57. The zero-order valence-corrected chi connectivity index (χ0v) is 12.8. The summed E-state index contributed by atoms with van der Waals surface area (Å²) >= 11 is 0. The molecule has 0 spiro atoms. The number of amides is 1. The van der Waals surface area contributed by atoms with Crippen molar-refractivity contribution in [2.24, 2.45) is 0 Å². The Hall–Kier alpha value is -2.24. The van der Waals surface area contributed by atoms with E-state index in [4.69, 9.17) is 15.2 Å². The van der Waals surface area contributed by atoms with Gasteiger partial charge in [0, 0.05) is 12.1 Å². The van der Waals surface area contributed by atoms with Crippen LogP contribution in [0, 0.1) is 0 Å². The van der Waals surface area contributed by atoms with Crippen LogP contribution in [0.5, 0.6) is 0 Å². The van der Waals surface area contributed by atoms with E-state index in [1.165, 1.54) is 7.11 Å². The third-order valence-electron chi connectivity index (χ3n) is 2.57. The SMILES string of the molecule is COC(=O)[C@H](Cc1cccc(N)c1)NC(=O)OC(C)(C)C. The van der Waals surface area contributed by atoms with Crippen LogP contribution in [0.1, 0.15) is 26.3 Å². The molecular formula is C15H22N2O4. The van der Waals surface area contributed by atoms with E-state index >= 15 is 0 Å². The fraction of sp³-hybridized carbons (Fsp3) is 0.467. The minimum Gasteiger partial charge on any atom is -0.467 e. The summed E-state index contributed by atoms with van der Waals surface area (Å²) in [4.78, 5) is 23.6. The largest absolute Gasteiger partial charge is 0.467 e. The maximum Gasteiger partial charge on any atom is 0.408 e. The molecule has 0 aliphatic carbocycles. The summed E-state index contributed by atoms with van der Waals surface area (Å²) in [7, 11) is 1.27. The molecule has 0 aromatic heterocycles. The second-order valence-electron chi connectivity index (χ2n) is 5.67. The number of hydrogen-bond donors (Lipinski definition) is 2. The van der Waals surface area contributed by atoms with Gasteiger partial charge in [0.05, 0.1) is 7.11 Å². The Balaban J connectivity index is 2.77. The van der Waals surface area contributed by atoms with Crippen molar-refractivity contribution < 1.29 is 19.1 Å². The van der Waals surface area contributed by atoms with Crippen LogP contribution in [0.15, 0.2) is 24.3 Å². The second kappa shape index (κ2) is 6.97. The first-order chi connectivity index (χ1) is 9.71. The Kier molecular flexibility index (Phi) is 5.58. The van der Waals surface area contributed by atoms with E-state index in [1.807, 2.05) is 6.07 Å². The summed E-state index contributed by atoms with van der Waals surface area (Å²) in [5.41, 5.74) is 6.47. The average molecular weight is 294 g/mol. The van der Waals surface area contributed by atoms with E-state index < -0.39 is 23.7 Å². The number of nitrogens with two attached hydrogens (primary N) is 1. The molecule has 0 unspecified atom stereocenters. The Bertz CT molecular complexity index is 509. The highest BCUT2D eigenvalue weighted by molar-refractivity contribution is 5.81. The van der Waals surface area contributed by atoms with Crippen molar-refractivity contribution in [2.45, 2.75) is 38.8 Å². The minimum absolute atomic E-state index is 0.275. The number of nitrogen functional groups attached to an aromatic ring is 1. The first-order valence-electron chi connectivity index (χ1n) is 6.63. The number of hydrogen-bond acceptors (Lipinski definition) is 5. The van der Waals surface area contributed by atoms with E-state index in [1.54, 1.807) is 39.0 Å². The van der Waals surface area contributed by atoms with Crippen LogP contribution in [-0.2, 0) is 20.7 Å². The first-order valence-corrected chi connectivity index (χ1v) is 6.63. The highest BCUT2D eigenvalue weighted by atomic mass is 16.6. The van der Waals surface area contributed by atoms with Gasteiger partial charge in [-0.1, -0.05) is 12.1 Å². The smallest absolute Gasteiger partial charge is 0.408 e. The molecule has 0 heterocycles. The third kappa shape index (κ3) is 6.16. The molecule has 21 heavy (non-hydrogen) atoms. The van der Waals surface area contributed by atoms with E-state index in [0.717, 1.165) is 5.56 Å². The summed E-state index contributed by atoms with van der Waals surface area (Å²) in [5.74, 6) is -0.539. The van der Waals surface area contributed by atoms with E-state index in [9.17, 15) is 9.59 Å². The predicted octanol–water partition coefficient (Wildman–Crippen LogP) is 1.88. The Morgan fingerprint density at radius 2 is 2.00 bits per heavy atom. The van der Waals surface area contributed by atoms with Crippen LogP contribution in [0.4, 0.5) is 10.5 Å². The van der Waals surface area contributed by atoms with Crippen molar-refractivity contribution in [1.82, 2.24) is 5.32 Å². The number of anilines is 1. The monoisotopic (exact) mass is 294 g/mol. The van der Waals surface area contributed by atoms with Crippen molar-refractivity contribution in [3.63, 3.8) is 0 Å². The summed E-state index contributed by atoms with van der Waals surface area (Å²) < 4.78 is 9.85. The molecule has 1 atom stereocenters. The molecule has 0 fully saturated rings. The molecule has 0 saturated heterocycles. The Morgan fingerprint density at radius 3 is 2.52 bits per heavy atom. The average Bonchev–Trinajstić information content (AvgIpc) is 2.34. The van der Waals surface area contributed by atoms with Gasteiger partial charge in [0.1, 0.15) is 11.6 Å².